The zero-order valence-electron chi connectivity index (χ0n) is 12.6. The highest BCUT2D eigenvalue weighted by Crippen LogP contribution is 2.45. The van der Waals surface area contributed by atoms with Crippen molar-refractivity contribution in [1.29, 1.82) is 0 Å². The molecule has 1 saturated carbocycles. The number of ether oxygens (including phenoxy) is 2. The molecule has 1 fully saturated rings. The first-order valence-corrected chi connectivity index (χ1v) is 7.54. The standard InChI is InChI=1S/C17H21NO3/c1-16(2)10-20-14-6-5-13(9-15(14)21-11-16)17(18-12-19)7-3-4-8-17/h5-6,9H,3-4,7-8,10-11H2,1-2H3. The molecule has 0 amide bonds. The predicted octanol–water partition coefficient (Wildman–Crippen LogP) is 3.59. The van der Waals surface area contributed by atoms with Crippen molar-refractivity contribution in [1.82, 2.24) is 0 Å². The molecule has 0 spiro atoms. The lowest BCUT2D eigenvalue weighted by atomic mass is 9.89. The lowest BCUT2D eigenvalue weighted by Gasteiger charge is -2.23. The molecule has 1 heterocycles. The van der Waals surface area contributed by atoms with Crippen LogP contribution >= 0.6 is 0 Å². The molecule has 0 aromatic heterocycles. The summed E-state index contributed by atoms with van der Waals surface area (Å²) in [6, 6.07) is 5.93. The normalized spacial score (nSPS) is 22.2. The summed E-state index contributed by atoms with van der Waals surface area (Å²) in [4.78, 5) is 14.9. The van der Waals surface area contributed by atoms with Crippen molar-refractivity contribution in [3.05, 3.63) is 23.8 Å². The Morgan fingerprint density at radius 1 is 1.10 bits per heavy atom. The van der Waals surface area contributed by atoms with Gasteiger partial charge < -0.3 is 9.47 Å². The molecule has 0 N–H and O–H groups in total. The Morgan fingerprint density at radius 2 is 1.76 bits per heavy atom. The summed E-state index contributed by atoms with van der Waals surface area (Å²) >= 11 is 0. The molecule has 1 aromatic rings. The van der Waals surface area contributed by atoms with Gasteiger partial charge in [-0.15, -0.1) is 0 Å². The average Bonchev–Trinajstić information content (AvgIpc) is 2.88. The van der Waals surface area contributed by atoms with E-state index in [1.165, 1.54) is 0 Å². The van der Waals surface area contributed by atoms with Crippen LogP contribution in [0.2, 0.25) is 0 Å². The molecule has 4 nitrogen and oxygen atoms in total. The zero-order chi connectivity index (χ0) is 14.9. The fourth-order valence-electron chi connectivity index (χ4n) is 3.13. The van der Waals surface area contributed by atoms with Crippen LogP contribution in [0, 0.1) is 5.41 Å². The van der Waals surface area contributed by atoms with E-state index < -0.39 is 5.54 Å². The third-order valence-electron chi connectivity index (χ3n) is 4.41. The predicted molar refractivity (Wildman–Crippen MR) is 79.5 cm³/mol. The van der Waals surface area contributed by atoms with Gasteiger partial charge in [0.1, 0.15) is 0 Å². The Hall–Kier alpha value is -1.80. The summed E-state index contributed by atoms with van der Waals surface area (Å²) in [6.07, 6.45) is 5.73. The molecule has 21 heavy (non-hydrogen) atoms. The SMILES string of the molecule is CC1(C)COc2ccc(C3(N=C=O)CCCC3)cc2OC1. The number of rotatable bonds is 2. The van der Waals surface area contributed by atoms with Gasteiger partial charge in [-0.3, -0.25) is 0 Å². The van der Waals surface area contributed by atoms with E-state index in [1.807, 2.05) is 18.2 Å². The van der Waals surface area contributed by atoms with Crippen molar-refractivity contribution in [2.45, 2.75) is 45.1 Å². The van der Waals surface area contributed by atoms with E-state index in [4.69, 9.17) is 9.47 Å². The second kappa shape index (κ2) is 5.19. The Morgan fingerprint density at radius 3 is 2.43 bits per heavy atom. The van der Waals surface area contributed by atoms with E-state index in [0.29, 0.717) is 13.2 Å². The maximum atomic E-state index is 10.8. The molecule has 0 saturated heterocycles. The van der Waals surface area contributed by atoms with Crippen LogP contribution < -0.4 is 9.47 Å². The fourth-order valence-corrected chi connectivity index (χ4v) is 3.13. The molecule has 0 radical (unpaired) electrons. The van der Waals surface area contributed by atoms with Gasteiger partial charge in [-0.05, 0) is 30.5 Å². The van der Waals surface area contributed by atoms with E-state index in [0.717, 1.165) is 42.7 Å². The third kappa shape index (κ3) is 2.68. The minimum absolute atomic E-state index is 0.00875. The average molecular weight is 287 g/mol. The molecule has 1 aromatic carbocycles. The van der Waals surface area contributed by atoms with Gasteiger partial charge in [0.05, 0.1) is 18.8 Å². The number of nitrogens with zero attached hydrogens (tertiary/aromatic N) is 1. The van der Waals surface area contributed by atoms with Crippen molar-refractivity contribution in [2.75, 3.05) is 13.2 Å². The number of aliphatic imine (C=N–C) groups is 1. The van der Waals surface area contributed by atoms with E-state index in [9.17, 15) is 4.79 Å². The maximum Gasteiger partial charge on any atom is 0.235 e. The minimum atomic E-state index is -0.415. The molecule has 0 bridgehead atoms. The van der Waals surface area contributed by atoms with Crippen LogP contribution in [0.15, 0.2) is 23.2 Å². The molecular formula is C17H21NO3. The van der Waals surface area contributed by atoms with Crippen molar-refractivity contribution in [3.8, 4) is 11.5 Å². The van der Waals surface area contributed by atoms with Crippen LogP contribution in [-0.4, -0.2) is 19.3 Å². The molecular weight excluding hydrogens is 266 g/mol. The smallest absolute Gasteiger partial charge is 0.235 e. The highest BCUT2D eigenvalue weighted by Gasteiger charge is 2.36. The molecule has 1 aliphatic heterocycles. The summed E-state index contributed by atoms with van der Waals surface area (Å²) in [6.45, 7) is 5.49. The van der Waals surface area contributed by atoms with Crippen LogP contribution in [0.1, 0.15) is 45.1 Å². The highest BCUT2D eigenvalue weighted by molar-refractivity contribution is 5.47. The van der Waals surface area contributed by atoms with Gasteiger partial charge in [0.25, 0.3) is 0 Å². The monoisotopic (exact) mass is 287 g/mol. The van der Waals surface area contributed by atoms with Crippen molar-refractivity contribution < 1.29 is 14.3 Å². The van der Waals surface area contributed by atoms with Crippen molar-refractivity contribution in [3.63, 3.8) is 0 Å². The van der Waals surface area contributed by atoms with Crippen molar-refractivity contribution >= 4 is 6.08 Å². The van der Waals surface area contributed by atoms with E-state index in [-0.39, 0.29) is 5.41 Å². The van der Waals surface area contributed by atoms with Crippen LogP contribution in [-0.2, 0) is 10.3 Å². The van der Waals surface area contributed by atoms with Gasteiger partial charge in [-0.25, -0.2) is 4.79 Å². The summed E-state index contributed by atoms with van der Waals surface area (Å²) in [5.41, 5.74) is 0.609. The highest BCUT2D eigenvalue weighted by atomic mass is 16.5. The number of benzene rings is 1. The lowest BCUT2D eigenvalue weighted by molar-refractivity contribution is 0.140. The van der Waals surface area contributed by atoms with Gasteiger partial charge in [0.15, 0.2) is 11.5 Å². The molecule has 0 unspecified atom stereocenters. The molecule has 4 heteroatoms. The number of hydrogen-bond acceptors (Lipinski definition) is 4. The first-order valence-electron chi connectivity index (χ1n) is 7.54. The van der Waals surface area contributed by atoms with Gasteiger partial charge in [-0.2, -0.15) is 4.99 Å². The summed E-state index contributed by atoms with van der Waals surface area (Å²) in [5, 5.41) is 0. The molecule has 2 aliphatic rings. The fraction of sp³-hybridized carbons (Fsp3) is 0.588. The van der Waals surface area contributed by atoms with Gasteiger partial charge in [-0.1, -0.05) is 32.8 Å². The summed E-state index contributed by atoms with van der Waals surface area (Å²) in [5.74, 6) is 1.53. The molecule has 112 valence electrons. The van der Waals surface area contributed by atoms with Gasteiger partial charge in [0, 0.05) is 5.41 Å². The third-order valence-corrected chi connectivity index (χ3v) is 4.41. The number of carbonyl (C=O) groups excluding carboxylic acids is 1. The summed E-state index contributed by atoms with van der Waals surface area (Å²) < 4.78 is 11.8. The minimum Gasteiger partial charge on any atom is -0.489 e. The van der Waals surface area contributed by atoms with Crippen LogP contribution in [0.4, 0.5) is 0 Å². The quantitative estimate of drug-likeness (QED) is 0.617. The largest absolute Gasteiger partial charge is 0.489 e. The summed E-state index contributed by atoms with van der Waals surface area (Å²) in [7, 11) is 0. The Bertz CT molecular complexity index is 582. The first-order chi connectivity index (χ1) is 10.0. The van der Waals surface area contributed by atoms with E-state index in [1.54, 1.807) is 6.08 Å². The van der Waals surface area contributed by atoms with Crippen molar-refractivity contribution in [2.24, 2.45) is 10.4 Å². The topological polar surface area (TPSA) is 47.9 Å². The van der Waals surface area contributed by atoms with E-state index >= 15 is 0 Å². The Kier molecular flexibility index (Phi) is 3.50. The molecule has 1 aliphatic carbocycles. The maximum absolute atomic E-state index is 10.8. The first kappa shape index (κ1) is 14.2. The van der Waals surface area contributed by atoms with Crippen LogP contribution in [0.25, 0.3) is 0 Å². The zero-order valence-corrected chi connectivity index (χ0v) is 12.6. The molecule has 0 atom stereocenters. The van der Waals surface area contributed by atoms with Gasteiger partial charge in [0.2, 0.25) is 6.08 Å². The lowest BCUT2D eigenvalue weighted by Crippen LogP contribution is -2.26. The number of fused-ring (bicyclic) bond motifs is 1. The second-order valence-electron chi connectivity index (χ2n) is 6.84. The number of isocyanates is 1. The van der Waals surface area contributed by atoms with E-state index in [2.05, 4.69) is 18.8 Å². The molecule has 3 rings (SSSR count). The second-order valence-corrected chi connectivity index (χ2v) is 6.84. The Labute approximate surface area is 125 Å². The van der Waals surface area contributed by atoms with Gasteiger partial charge >= 0.3 is 0 Å². The number of hydrogen-bond donors (Lipinski definition) is 0. The van der Waals surface area contributed by atoms with Crippen LogP contribution in [0.3, 0.4) is 0 Å². The Balaban J connectivity index is 1.96. The van der Waals surface area contributed by atoms with Crippen LogP contribution in [0.5, 0.6) is 11.5 Å².